The molecular weight excluding hydrogens is 248 g/mol. The second-order valence-corrected chi connectivity index (χ2v) is 3.74. The summed E-state index contributed by atoms with van der Waals surface area (Å²) in [5.41, 5.74) is 0.800. The van der Waals surface area contributed by atoms with Gasteiger partial charge in [-0.05, 0) is 19.1 Å². The Balaban J connectivity index is 3.05. The minimum Gasteiger partial charge on any atom is -0.478 e. The molecule has 0 bridgehead atoms. The third kappa shape index (κ3) is 4.18. The van der Waals surface area contributed by atoms with E-state index in [9.17, 15) is 9.59 Å². The highest BCUT2D eigenvalue weighted by Gasteiger charge is 2.16. The molecule has 1 heterocycles. The molecular formula is C13H16N2O4. The largest absolute Gasteiger partial charge is 0.478 e. The Bertz CT molecular complexity index is 485. The lowest BCUT2D eigenvalue weighted by molar-refractivity contribution is -0.131. The van der Waals surface area contributed by atoms with Gasteiger partial charge in [-0.25, -0.2) is 4.79 Å². The summed E-state index contributed by atoms with van der Waals surface area (Å²) < 4.78 is 0. The van der Waals surface area contributed by atoms with E-state index in [1.54, 1.807) is 0 Å². The number of carbonyl (C=O) groups is 2. The van der Waals surface area contributed by atoms with Gasteiger partial charge in [0.25, 0.3) is 5.91 Å². The maximum Gasteiger partial charge on any atom is 0.328 e. The van der Waals surface area contributed by atoms with Gasteiger partial charge in [0.15, 0.2) is 0 Å². The number of aliphatic hydroxyl groups is 1. The number of carboxylic acid groups (broad SMARTS) is 1. The van der Waals surface area contributed by atoms with Crippen molar-refractivity contribution in [1.82, 2.24) is 9.88 Å². The molecule has 0 unspecified atom stereocenters. The van der Waals surface area contributed by atoms with Gasteiger partial charge in [0.2, 0.25) is 0 Å². The fourth-order valence-corrected chi connectivity index (χ4v) is 1.59. The number of rotatable bonds is 6. The summed E-state index contributed by atoms with van der Waals surface area (Å²) in [6.07, 6.45) is 5.18. The average Bonchev–Trinajstić information content (AvgIpc) is 2.42. The van der Waals surface area contributed by atoms with Crippen LogP contribution >= 0.6 is 0 Å². The van der Waals surface area contributed by atoms with Crippen LogP contribution in [0.5, 0.6) is 0 Å². The average molecular weight is 264 g/mol. The van der Waals surface area contributed by atoms with Gasteiger partial charge in [0.05, 0.1) is 6.61 Å². The van der Waals surface area contributed by atoms with Crippen molar-refractivity contribution in [3.8, 4) is 0 Å². The number of carbonyl (C=O) groups excluding carboxylic acids is 1. The second kappa shape index (κ2) is 7.27. The zero-order chi connectivity index (χ0) is 14.3. The number of hydrogen-bond acceptors (Lipinski definition) is 4. The number of likely N-dealkylation sites (N-methyl/N-ethyl adjacent to an activating group) is 1. The number of aromatic nitrogens is 1. The molecule has 102 valence electrons. The van der Waals surface area contributed by atoms with Gasteiger partial charge in [0, 0.05) is 42.7 Å². The third-order valence-corrected chi connectivity index (χ3v) is 2.53. The van der Waals surface area contributed by atoms with E-state index in [0.29, 0.717) is 17.7 Å². The van der Waals surface area contributed by atoms with E-state index >= 15 is 0 Å². The van der Waals surface area contributed by atoms with Crippen molar-refractivity contribution in [1.29, 1.82) is 0 Å². The van der Waals surface area contributed by atoms with Crippen LogP contribution in [0, 0.1) is 0 Å². The van der Waals surface area contributed by atoms with Gasteiger partial charge >= 0.3 is 5.97 Å². The summed E-state index contributed by atoms with van der Waals surface area (Å²) in [5.74, 6) is -1.35. The predicted octanol–water partition coefficient (Wildman–Crippen LogP) is 0.634. The quantitative estimate of drug-likeness (QED) is 0.735. The molecule has 0 aliphatic rings. The van der Waals surface area contributed by atoms with E-state index in [-0.39, 0.29) is 19.1 Å². The molecule has 2 N–H and O–H groups in total. The van der Waals surface area contributed by atoms with Crippen molar-refractivity contribution in [2.75, 3.05) is 19.7 Å². The SMILES string of the molecule is CCN(CCO)C(=O)c1ccncc1C=CC(=O)O. The number of carboxylic acids is 1. The van der Waals surface area contributed by atoms with Crippen LogP contribution in [-0.4, -0.2) is 51.7 Å². The normalized spacial score (nSPS) is 10.6. The molecule has 19 heavy (non-hydrogen) atoms. The zero-order valence-corrected chi connectivity index (χ0v) is 10.6. The fourth-order valence-electron chi connectivity index (χ4n) is 1.59. The predicted molar refractivity (Wildman–Crippen MR) is 69.6 cm³/mol. The molecule has 0 radical (unpaired) electrons. The van der Waals surface area contributed by atoms with Gasteiger partial charge in [-0.1, -0.05) is 0 Å². The molecule has 0 aliphatic heterocycles. The molecule has 0 fully saturated rings. The molecule has 6 nitrogen and oxygen atoms in total. The van der Waals surface area contributed by atoms with E-state index in [1.165, 1.54) is 29.4 Å². The van der Waals surface area contributed by atoms with Crippen LogP contribution in [0.4, 0.5) is 0 Å². The van der Waals surface area contributed by atoms with E-state index in [2.05, 4.69) is 4.98 Å². The Morgan fingerprint density at radius 2 is 2.21 bits per heavy atom. The number of hydrogen-bond donors (Lipinski definition) is 2. The van der Waals surface area contributed by atoms with Crippen LogP contribution in [0.3, 0.4) is 0 Å². The van der Waals surface area contributed by atoms with Crippen LogP contribution in [0.25, 0.3) is 6.08 Å². The number of aliphatic hydroxyl groups excluding tert-OH is 1. The number of pyridine rings is 1. The molecule has 0 saturated heterocycles. The summed E-state index contributed by atoms with van der Waals surface area (Å²) in [6.45, 7) is 2.38. The van der Waals surface area contributed by atoms with E-state index in [0.717, 1.165) is 6.08 Å². The lowest BCUT2D eigenvalue weighted by Crippen LogP contribution is -2.33. The first kappa shape index (κ1) is 14.8. The highest BCUT2D eigenvalue weighted by atomic mass is 16.4. The number of aliphatic carboxylic acids is 1. The minimum atomic E-state index is -1.09. The number of nitrogens with zero attached hydrogens (tertiary/aromatic N) is 2. The topological polar surface area (TPSA) is 90.7 Å². The highest BCUT2D eigenvalue weighted by Crippen LogP contribution is 2.12. The first-order valence-electron chi connectivity index (χ1n) is 5.85. The summed E-state index contributed by atoms with van der Waals surface area (Å²) in [4.78, 5) is 28.1. The van der Waals surface area contributed by atoms with Crippen molar-refractivity contribution >= 4 is 18.0 Å². The van der Waals surface area contributed by atoms with Gasteiger partial charge in [0.1, 0.15) is 0 Å². The Morgan fingerprint density at radius 3 is 2.79 bits per heavy atom. The summed E-state index contributed by atoms with van der Waals surface area (Å²) in [7, 11) is 0. The highest BCUT2D eigenvalue weighted by molar-refractivity contribution is 5.98. The Morgan fingerprint density at radius 1 is 1.47 bits per heavy atom. The van der Waals surface area contributed by atoms with E-state index < -0.39 is 5.97 Å². The first-order valence-corrected chi connectivity index (χ1v) is 5.85. The Labute approximate surface area is 111 Å². The molecule has 0 aromatic carbocycles. The molecule has 6 heteroatoms. The molecule has 0 spiro atoms. The first-order chi connectivity index (χ1) is 9.10. The van der Waals surface area contributed by atoms with Gasteiger partial charge in [-0.15, -0.1) is 0 Å². The zero-order valence-electron chi connectivity index (χ0n) is 10.6. The van der Waals surface area contributed by atoms with Crippen molar-refractivity contribution < 1.29 is 19.8 Å². The van der Waals surface area contributed by atoms with Gasteiger partial charge in [-0.2, -0.15) is 0 Å². The smallest absolute Gasteiger partial charge is 0.328 e. The van der Waals surface area contributed by atoms with E-state index in [4.69, 9.17) is 10.2 Å². The summed E-state index contributed by atoms with van der Waals surface area (Å²) in [5, 5.41) is 17.5. The maximum atomic E-state index is 12.2. The Kier molecular flexibility index (Phi) is 5.69. The molecule has 1 aromatic heterocycles. The summed E-state index contributed by atoms with van der Waals surface area (Å²) in [6, 6.07) is 1.53. The van der Waals surface area contributed by atoms with Crippen molar-refractivity contribution in [3.05, 3.63) is 35.7 Å². The lowest BCUT2D eigenvalue weighted by atomic mass is 10.1. The molecule has 0 aliphatic carbocycles. The minimum absolute atomic E-state index is 0.120. The monoisotopic (exact) mass is 264 g/mol. The third-order valence-electron chi connectivity index (χ3n) is 2.53. The van der Waals surface area contributed by atoms with Gasteiger partial charge in [-0.3, -0.25) is 9.78 Å². The van der Waals surface area contributed by atoms with Crippen LogP contribution in [0.2, 0.25) is 0 Å². The molecule has 0 saturated carbocycles. The Hall–Kier alpha value is -2.21. The standard InChI is InChI=1S/C13H16N2O4/c1-2-15(7-8-16)13(19)11-5-6-14-9-10(11)3-4-12(17)18/h3-6,9,16H,2,7-8H2,1H3,(H,17,18). The molecule has 1 amide bonds. The second-order valence-electron chi connectivity index (χ2n) is 3.74. The van der Waals surface area contributed by atoms with E-state index in [1.807, 2.05) is 6.92 Å². The van der Waals surface area contributed by atoms with Crippen LogP contribution < -0.4 is 0 Å². The van der Waals surface area contributed by atoms with Crippen LogP contribution in [0.1, 0.15) is 22.8 Å². The summed E-state index contributed by atoms with van der Waals surface area (Å²) >= 11 is 0. The van der Waals surface area contributed by atoms with Crippen molar-refractivity contribution in [2.45, 2.75) is 6.92 Å². The maximum absolute atomic E-state index is 12.2. The molecule has 0 atom stereocenters. The lowest BCUT2D eigenvalue weighted by Gasteiger charge is -2.20. The molecule has 1 rings (SSSR count). The van der Waals surface area contributed by atoms with Crippen molar-refractivity contribution in [2.24, 2.45) is 0 Å². The fraction of sp³-hybridized carbons (Fsp3) is 0.308. The van der Waals surface area contributed by atoms with Gasteiger partial charge < -0.3 is 15.1 Å². The molecule has 1 aromatic rings. The van der Waals surface area contributed by atoms with Crippen LogP contribution in [0.15, 0.2) is 24.5 Å². The number of amides is 1. The van der Waals surface area contributed by atoms with Crippen molar-refractivity contribution in [3.63, 3.8) is 0 Å². The van der Waals surface area contributed by atoms with Crippen LogP contribution in [-0.2, 0) is 4.79 Å².